The van der Waals surface area contributed by atoms with Crippen molar-refractivity contribution in [2.75, 3.05) is 6.61 Å². The number of allylic oxidation sites excluding steroid dienone is 4. The van der Waals surface area contributed by atoms with Crippen LogP contribution in [0, 0.1) is 0 Å². The lowest BCUT2D eigenvalue weighted by Gasteiger charge is -2.24. The van der Waals surface area contributed by atoms with Gasteiger partial charge in [-0.15, -0.1) is 0 Å². The van der Waals surface area contributed by atoms with Gasteiger partial charge in [-0.25, -0.2) is 0 Å². The maximum atomic E-state index is 13.1. The zero-order valence-electron chi connectivity index (χ0n) is 34.7. The number of hydrogen-bond acceptors (Lipinski definition) is 5. The number of ether oxygens (including phenoxy) is 1. The van der Waals surface area contributed by atoms with E-state index in [4.69, 9.17) is 4.74 Å². The van der Waals surface area contributed by atoms with Crippen LogP contribution in [0.2, 0.25) is 0 Å². The van der Waals surface area contributed by atoms with Crippen LogP contribution in [-0.4, -0.2) is 46.9 Å². The molecule has 0 aromatic heterocycles. The lowest BCUT2D eigenvalue weighted by Crippen LogP contribution is -2.46. The van der Waals surface area contributed by atoms with Crippen LogP contribution < -0.4 is 5.32 Å². The molecule has 0 aromatic carbocycles. The molecule has 6 heteroatoms. The average molecular weight is 734 g/mol. The predicted octanol–water partition coefficient (Wildman–Crippen LogP) is 12.8. The minimum absolute atomic E-state index is 0.0629. The van der Waals surface area contributed by atoms with Crippen LogP contribution in [0.4, 0.5) is 0 Å². The zero-order valence-corrected chi connectivity index (χ0v) is 34.7. The molecule has 52 heavy (non-hydrogen) atoms. The highest BCUT2D eigenvalue weighted by molar-refractivity contribution is 5.77. The van der Waals surface area contributed by atoms with Crippen molar-refractivity contribution >= 4 is 11.9 Å². The molecular formula is C46H87NO5. The molecule has 0 rings (SSSR count). The van der Waals surface area contributed by atoms with Crippen molar-refractivity contribution in [1.29, 1.82) is 0 Å². The van der Waals surface area contributed by atoms with Gasteiger partial charge in [0, 0.05) is 6.42 Å². The molecule has 3 N–H and O–H groups in total. The maximum Gasteiger partial charge on any atom is 0.306 e. The molecule has 3 atom stereocenters. The summed E-state index contributed by atoms with van der Waals surface area (Å²) in [4.78, 5) is 25.9. The van der Waals surface area contributed by atoms with E-state index in [0.717, 1.165) is 83.5 Å². The Bertz CT molecular complexity index is 828. The molecule has 0 fully saturated rings. The van der Waals surface area contributed by atoms with Gasteiger partial charge in [-0.3, -0.25) is 9.59 Å². The maximum absolute atomic E-state index is 13.1. The van der Waals surface area contributed by atoms with Gasteiger partial charge in [-0.2, -0.15) is 0 Å². The fourth-order valence-corrected chi connectivity index (χ4v) is 6.78. The second kappa shape index (κ2) is 40.5. The van der Waals surface area contributed by atoms with E-state index < -0.39 is 18.2 Å². The minimum atomic E-state index is -0.788. The summed E-state index contributed by atoms with van der Waals surface area (Å²) in [5.74, 6) is -0.509. The first kappa shape index (κ1) is 50.3. The first-order valence-electron chi connectivity index (χ1n) is 22.6. The van der Waals surface area contributed by atoms with Crippen molar-refractivity contribution in [2.45, 2.75) is 251 Å². The highest BCUT2D eigenvalue weighted by atomic mass is 16.5. The first-order chi connectivity index (χ1) is 25.5. The molecule has 306 valence electrons. The van der Waals surface area contributed by atoms with Crippen molar-refractivity contribution < 1.29 is 24.5 Å². The Morgan fingerprint density at radius 3 is 1.46 bits per heavy atom. The quantitative estimate of drug-likeness (QED) is 0.0331. The molecule has 0 radical (unpaired) electrons. The number of nitrogens with one attached hydrogen (secondary N) is 1. The highest BCUT2D eigenvalue weighted by Gasteiger charge is 2.24. The van der Waals surface area contributed by atoms with Crippen molar-refractivity contribution in [3.8, 4) is 0 Å². The summed E-state index contributed by atoms with van der Waals surface area (Å²) in [6, 6.07) is -0.702. The molecule has 0 spiro atoms. The number of unbranched alkanes of at least 4 members (excludes halogenated alkanes) is 24. The Balaban J connectivity index is 4.51. The molecule has 0 aliphatic rings. The topological polar surface area (TPSA) is 95.9 Å². The van der Waals surface area contributed by atoms with E-state index in [0.29, 0.717) is 19.3 Å². The number of aliphatic hydroxyl groups excluding tert-OH is 2. The molecule has 0 aromatic rings. The summed E-state index contributed by atoms with van der Waals surface area (Å²) >= 11 is 0. The summed E-state index contributed by atoms with van der Waals surface area (Å²) < 4.78 is 5.86. The van der Waals surface area contributed by atoms with E-state index in [1.54, 1.807) is 0 Å². The third-order valence-electron chi connectivity index (χ3n) is 10.2. The summed E-state index contributed by atoms with van der Waals surface area (Å²) in [6.45, 7) is 6.38. The lowest BCUT2D eigenvalue weighted by atomic mass is 10.0. The van der Waals surface area contributed by atoms with Gasteiger partial charge in [0.25, 0.3) is 0 Å². The first-order valence-corrected chi connectivity index (χ1v) is 22.6. The standard InChI is InChI=1S/C46H87NO5/c1-4-7-10-13-16-19-21-23-25-27-30-33-36-39-46(51)52-42(37-34-31-28-18-15-12-9-6-3)40-45(50)47-43(41-48)44(49)38-35-32-29-26-24-22-20-17-14-11-8-5-2/h12,15,23,25,42-44,48-49H,4-11,13-14,16-22,24,26-41H2,1-3H3,(H,47,50)/b15-12-,25-23-. The highest BCUT2D eigenvalue weighted by Crippen LogP contribution is 2.17. The molecule has 0 saturated heterocycles. The van der Waals surface area contributed by atoms with Crippen LogP contribution in [-0.2, 0) is 14.3 Å². The number of esters is 1. The van der Waals surface area contributed by atoms with Crippen molar-refractivity contribution in [3.63, 3.8) is 0 Å². The van der Waals surface area contributed by atoms with Crippen LogP contribution >= 0.6 is 0 Å². The van der Waals surface area contributed by atoms with Gasteiger partial charge >= 0.3 is 5.97 Å². The van der Waals surface area contributed by atoms with Gasteiger partial charge in [0.15, 0.2) is 0 Å². The van der Waals surface area contributed by atoms with E-state index in [-0.39, 0.29) is 24.9 Å². The Morgan fingerprint density at radius 1 is 0.538 bits per heavy atom. The van der Waals surface area contributed by atoms with E-state index in [2.05, 4.69) is 50.4 Å². The molecule has 0 saturated carbocycles. The van der Waals surface area contributed by atoms with E-state index in [1.165, 1.54) is 103 Å². The number of rotatable bonds is 40. The normalized spacial score (nSPS) is 13.6. The van der Waals surface area contributed by atoms with Crippen molar-refractivity contribution in [2.24, 2.45) is 0 Å². The second-order valence-electron chi connectivity index (χ2n) is 15.4. The van der Waals surface area contributed by atoms with Crippen molar-refractivity contribution in [3.05, 3.63) is 24.3 Å². The average Bonchev–Trinajstić information content (AvgIpc) is 3.13. The summed E-state index contributed by atoms with van der Waals surface area (Å²) in [7, 11) is 0. The number of aliphatic hydroxyl groups is 2. The van der Waals surface area contributed by atoms with Gasteiger partial charge in [0.05, 0.1) is 25.2 Å². The monoisotopic (exact) mass is 734 g/mol. The Hall–Kier alpha value is -1.66. The Morgan fingerprint density at radius 2 is 0.962 bits per heavy atom. The molecule has 0 aliphatic heterocycles. The SMILES string of the molecule is CCC/C=C\CCCCCC(CC(=O)NC(CO)C(O)CCCCCCCCCCCCCC)OC(=O)CCCCC/C=C\CCCCCCCC. The summed E-state index contributed by atoms with van der Waals surface area (Å²) in [5, 5.41) is 23.6. The fourth-order valence-electron chi connectivity index (χ4n) is 6.78. The number of amides is 1. The van der Waals surface area contributed by atoms with Gasteiger partial charge < -0.3 is 20.3 Å². The molecule has 0 bridgehead atoms. The van der Waals surface area contributed by atoms with Gasteiger partial charge in [-0.1, -0.05) is 173 Å². The van der Waals surface area contributed by atoms with Gasteiger partial charge in [0.1, 0.15) is 6.10 Å². The lowest BCUT2D eigenvalue weighted by molar-refractivity contribution is -0.151. The molecule has 1 amide bonds. The molecule has 0 aliphatic carbocycles. The minimum Gasteiger partial charge on any atom is -0.462 e. The van der Waals surface area contributed by atoms with Crippen LogP contribution in [0.15, 0.2) is 24.3 Å². The third kappa shape index (κ3) is 35.4. The van der Waals surface area contributed by atoms with Crippen molar-refractivity contribution in [1.82, 2.24) is 5.32 Å². The number of carbonyl (C=O) groups excluding carboxylic acids is 2. The molecular weight excluding hydrogens is 647 g/mol. The van der Waals surface area contributed by atoms with E-state index in [1.807, 2.05) is 0 Å². The number of carbonyl (C=O) groups is 2. The van der Waals surface area contributed by atoms with E-state index in [9.17, 15) is 19.8 Å². The molecule has 3 unspecified atom stereocenters. The third-order valence-corrected chi connectivity index (χ3v) is 10.2. The smallest absolute Gasteiger partial charge is 0.306 e. The zero-order chi connectivity index (χ0) is 38.2. The largest absolute Gasteiger partial charge is 0.462 e. The van der Waals surface area contributed by atoms with E-state index >= 15 is 0 Å². The van der Waals surface area contributed by atoms with Crippen LogP contribution in [0.1, 0.15) is 233 Å². The second-order valence-corrected chi connectivity index (χ2v) is 15.4. The van der Waals surface area contributed by atoms with Crippen LogP contribution in [0.5, 0.6) is 0 Å². The van der Waals surface area contributed by atoms with Crippen LogP contribution in [0.3, 0.4) is 0 Å². The summed E-state index contributed by atoms with van der Waals surface area (Å²) in [6.07, 6.45) is 43.9. The fraction of sp³-hybridized carbons (Fsp3) is 0.870. The molecule has 6 nitrogen and oxygen atoms in total. The molecule has 0 heterocycles. The summed E-state index contributed by atoms with van der Waals surface area (Å²) in [5.41, 5.74) is 0. The van der Waals surface area contributed by atoms with Crippen LogP contribution in [0.25, 0.3) is 0 Å². The predicted molar refractivity (Wildman–Crippen MR) is 223 cm³/mol. The van der Waals surface area contributed by atoms with Gasteiger partial charge in [-0.05, 0) is 70.6 Å². The number of hydrogen-bond donors (Lipinski definition) is 3. The Labute approximate surface area is 322 Å². The van der Waals surface area contributed by atoms with Gasteiger partial charge in [0.2, 0.25) is 5.91 Å². The Kier molecular flexibility index (Phi) is 39.2.